The smallest absolute Gasteiger partial charge is 0.350 e. The van der Waals surface area contributed by atoms with Crippen molar-refractivity contribution in [1.82, 2.24) is 15.2 Å². The van der Waals surface area contributed by atoms with E-state index in [9.17, 15) is 19.2 Å². The second-order valence-corrected chi connectivity index (χ2v) is 15.2. The summed E-state index contributed by atoms with van der Waals surface area (Å²) in [6.45, 7) is 10.5. The van der Waals surface area contributed by atoms with Crippen LogP contribution in [0, 0.1) is 5.41 Å². The van der Waals surface area contributed by atoms with E-state index in [0.29, 0.717) is 0 Å². The average Bonchev–Trinajstić information content (AvgIpc) is 3.42. The van der Waals surface area contributed by atoms with Crippen molar-refractivity contribution < 1.29 is 33.5 Å². The zero-order chi connectivity index (χ0) is 35.5. The molecule has 2 fully saturated rings. The van der Waals surface area contributed by atoms with Crippen LogP contribution >= 0.6 is 34.7 Å². The number of thioether (sulfide) groups is 1. The normalized spacial score (nSPS) is 21.2. The van der Waals surface area contributed by atoms with Gasteiger partial charge in [0.1, 0.15) is 32.5 Å². The number of nitrogen functional groups attached to an aromatic ring is 1. The van der Waals surface area contributed by atoms with E-state index in [-0.39, 0.29) is 33.2 Å². The third kappa shape index (κ3) is 7.92. The van der Waals surface area contributed by atoms with E-state index in [1.807, 2.05) is 60.7 Å². The Labute approximate surface area is 297 Å². The van der Waals surface area contributed by atoms with E-state index in [4.69, 9.17) is 31.6 Å². The third-order valence-electron chi connectivity index (χ3n) is 7.70. The van der Waals surface area contributed by atoms with Gasteiger partial charge in [0.25, 0.3) is 5.91 Å². The highest BCUT2D eigenvalue weighted by molar-refractivity contribution is 8.00. The van der Waals surface area contributed by atoms with Crippen LogP contribution < -0.4 is 11.1 Å². The Hall–Kier alpha value is -4.40. The number of rotatable bonds is 11. The molecule has 0 bridgehead atoms. The van der Waals surface area contributed by atoms with Crippen molar-refractivity contribution >= 4 is 69.3 Å². The Balaban J connectivity index is 1.30. The molecule has 1 aromatic heterocycles. The van der Waals surface area contributed by atoms with Crippen LogP contribution in [0.4, 0.5) is 5.13 Å². The van der Waals surface area contributed by atoms with Gasteiger partial charge >= 0.3 is 11.9 Å². The molecule has 0 radical (unpaired) electrons. The number of oxime groups is 1. The second-order valence-electron chi connectivity index (χ2n) is 12.5. The number of benzene rings is 2. The van der Waals surface area contributed by atoms with Crippen LogP contribution in [0.2, 0.25) is 4.34 Å². The second kappa shape index (κ2) is 14.6. The molecule has 3 heterocycles. The van der Waals surface area contributed by atoms with Gasteiger partial charge in [-0.25, -0.2) is 9.78 Å². The van der Waals surface area contributed by atoms with Crippen LogP contribution in [0.15, 0.2) is 78.5 Å². The van der Waals surface area contributed by atoms with Crippen molar-refractivity contribution in [2.45, 2.75) is 56.9 Å². The van der Waals surface area contributed by atoms with Crippen LogP contribution in [0.1, 0.15) is 50.6 Å². The predicted octanol–water partition coefficient (Wildman–Crippen LogP) is 4.73. The number of halogens is 1. The van der Waals surface area contributed by atoms with Gasteiger partial charge < -0.3 is 30.3 Å². The number of hydrogen-bond donors (Lipinski definition) is 2. The highest BCUT2D eigenvalue weighted by Gasteiger charge is 2.57. The van der Waals surface area contributed by atoms with Crippen LogP contribution in [0.25, 0.3) is 0 Å². The number of aromatic nitrogens is 1. The van der Waals surface area contributed by atoms with Gasteiger partial charge in [-0.15, -0.1) is 18.3 Å². The Bertz CT molecular complexity index is 1730. The molecule has 4 atom stereocenters. The molecule has 12 nitrogen and oxygen atoms in total. The number of carbonyl (C=O) groups excluding carboxylic acids is 4. The first kappa shape index (κ1) is 35.9. The lowest BCUT2D eigenvalue weighted by Gasteiger charge is -2.53. The van der Waals surface area contributed by atoms with Gasteiger partial charge in [0.2, 0.25) is 12.0 Å². The first-order chi connectivity index (χ1) is 23.2. The van der Waals surface area contributed by atoms with Crippen molar-refractivity contribution in [2.24, 2.45) is 10.6 Å². The number of β-lactam (4-membered cyclic amide) rings is 1. The Kier molecular flexibility index (Phi) is 10.7. The van der Waals surface area contributed by atoms with E-state index in [2.05, 4.69) is 22.0 Å². The predicted molar refractivity (Wildman–Crippen MR) is 188 cm³/mol. The number of ether oxygens (including phenoxy) is 2. The molecule has 2 aliphatic rings. The number of nitrogens with zero attached hydrogens (tertiary/aromatic N) is 3. The molecule has 0 saturated carbocycles. The van der Waals surface area contributed by atoms with E-state index in [1.165, 1.54) is 29.7 Å². The van der Waals surface area contributed by atoms with E-state index >= 15 is 0 Å². The molecule has 2 amide bonds. The van der Waals surface area contributed by atoms with Gasteiger partial charge in [-0.2, -0.15) is 0 Å². The van der Waals surface area contributed by atoms with Crippen molar-refractivity contribution in [3.05, 3.63) is 94.5 Å². The van der Waals surface area contributed by atoms with Crippen molar-refractivity contribution in [3.8, 4) is 0 Å². The molecular formula is C34H36ClN5O7S2. The Morgan fingerprint density at radius 1 is 1.14 bits per heavy atom. The molecule has 3 N–H and O–H groups in total. The van der Waals surface area contributed by atoms with Crippen LogP contribution in [0.3, 0.4) is 0 Å². The molecule has 2 aliphatic heterocycles. The molecule has 2 aromatic carbocycles. The van der Waals surface area contributed by atoms with Gasteiger partial charge in [-0.1, -0.05) is 94.8 Å². The minimum absolute atomic E-state index is 0.0143. The van der Waals surface area contributed by atoms with Crippen molar-refractivity contribution in [3.63, 3.8) is 0 Å². The zero-order valence-electron chi connectivity index (χ0n) is 27.3. The minimum atomic E-state index is -1.20. The van der Waals surface area contributed by atoms with E-state index in [0.717, 1.165) is 22.5 Å². The molecular weight excluding hydrogens is 690 g/mol. The number of amides is 2. The molecule has 258 valence electrons. The molecule has 0 spiro atoms. The molecule has 3 unspecified atom stereocenters. The number of nitrogens with two attached hydrogens (primary N) is 1. The highest BCUT2D eigenvalue weighted by atomic mass is 35.5. The summed E-state index contributed by atoms with van der Waals surface area (Å²) in [6, 6.07) is 17.8. The van der Waals surface area contributed by atoms with Crippen LogP contribution in [0.5, 0.6) is 0 Å². The largest absolute Gasteiger partial charge is 0.457 e. The van der Waals surface area contributed by atoms with Crippen LogP contribution in [-0.4, -0.2) is 74.8 Å². The SMILES string of the molecule is C=CC1(C(=O)OC(c2ccccc2)c2ccccc2)CS[C@@H]2C(NC(=O)C(=NOC(C)C(=O)OC(C)(C)C)c3nc(N)sc3Cl)C(=O)N2C1. The summed E-state index contributed by atoms with van der Waals surface area (Å²) in [4.78, 5) is 64.3. The average molecular weight is 726 g/mol. The number of anilines is 1. The number of fused-ring (bicyclic) bond motifs is 1. The topological polar surface area (TPSA) is 163 Å². The molecule has 3 aromatic rings. The van der Waals surface area contributed by atoms with Gasteiger partial charge in [0.15, 0.2) is 16.9 Å². The lowest BCUT2D eigenvalue weighted by Crippen LogP contribution is -2.73. The summed E-state index contributed by atoms with van der Waals surface area (Å²) >= 11 is 8.53. The number of esters is 2. The number of hydrogen-bond acceptors (Lipinski definition) is 12. The highest BCUT2D eigenvalue weighted by Crippen LogP contribution is 2.44. The quantitative estimate of drug-likeness (QED) is 0.0929. The summed E-state index contributed by atoms with van der Waals surface area (Å²) in [5.41, 5.74) is 4.99. The van der Waals surface area contributed by atoms with E-state index in [1.54, 1.807) is 20.8 Å². The monoisotopic (exact) mass is 725 g/mol. The summed E-state index contributed by atoms with van der Waals surface area (Å²) in [7, 11) is 0. The number of carbonyl (C=O) groups is 4. The third-order valence-corrected chi connectivity index (χ3v) is 10.3. The van der Waals surface area contributed by atoms with Gasteiger partial charge in [-0.05, 0) is 38.8 Å². The van der Waals surface area contributed by atoms with Crippen LogP contribution in [-0.2, 0) is 33.5 Å². The zero-order valence-corrected chi connectivity index (χ0v) is 29.6. The maximum absolute atomic E-state index is 13.9. The summed E-state index contributed by atoms with van der Waals surface area (Å²) < 4.78 is 11.5. The Morgan fingerprint density at radius 2 is 1.76 bits per heavy atom. The number of thiazole rings is 1. The van der Waals surface area contributed by atoms with Crippen molar-refractivity contribution in [2.75, 3.05) is 18.0 Å². The fraction of sp³-hybridized carbons (Fsp3) is 0.353. The lowest BCUT2D eigenvalue weighted by atomic mass is 9.87. The minimum Gasteiger partial charge on any atom is -0.457 e. The van der Waals surface area contributed by atoms with Gasteiger partial charge in [0, 0.05) is 12.3 Å². The summed E-state index contributed by atoms with van der Waals surface area (Å²) in [5, 5.41) is 6.17. The van der Waals surface area contributed by atoms with Gasteiger partial charge in [0.05, 0.1) is 0 Å². The maximum Gasteiger partial charge on any atom is 0.350 e. The standard InChI is InChI=1S/C34H36ClN5O7S2/c1-6-34(31(44)45-25(20-13-9-7-10-14-20)21-15-11-8-12-16-21)17-40-28(42)24(29(40)48-18-34)37-27(41)23(22-26(35)49-32(36)38-22)39-47-19(2)30(43)46-33(3,4)5/h6-16,19,24-25,29H,1,17-18H2,2-5H3,(H2,36,38)(H,37,41)/t19?,24?,29-,34?/m1/s1. The lowest BCUT2D eigenvalue weighted by molar-refractivity contribution is -0.167. The molecule has 5 rings (SSSR count). The maximum atomic E-state index is 13.9. The van der Waals surface area contributed by atoms with E-state index < -0.39 is 58.4 Å². The Morgan fingerprint density at radius 3 is 2.29 bits per heavy atom. The van der Waals surface area contributed by atoms with Crippen molar-refractivity contribution in [1.29, 1.82) is 0 Å². The molecule has 49 heavy (non-hydrogen) atoms. The fourth-order valence-electron chi connectivity index (χ4n) is 5.16. The molecule has 0 aliphatic carbocycles. The fourth-order valence-corrected chi connectivity index (χ4v) is 7.62. The first-order valence-corrected chi connectivity index (χ1v) is 17.5. The number of nitrogens with one attached hydrogen (secondary N) is 1. The first-order valence-electron chi connectivity index (χ1n) is 15.3. The molecule has 2 saturated heterocycles. The van der Waals surface area contributed by atoms with Gasteiger partial charge in [-0.3, -0.25) is 14.4 Å². The summed E-state index contributed by atoms with van der Waals surface area (Å²) in [6.07, 6.45) is -0.326. The molecule has 15 heteroatoms. The summed E-state index contributed by atoms with van der Waals surface area (Å²) in [5.74, 6) is -2.22.